The largest absolute Gasteiger partial charge is 0.373 e. The number of likely N-dealkylation sites (tertiary alicyclic amines) is 1. The number of piperidine rings is 1. The molecule has 1 aromatic carbocycles. The summed E-state index contributed by atoms with van der Waals surface area (Å²) in [6.45, 7) is 7.44. The van der Waals surface area contributed by atoms with Gasteiger partial charge in [0.2, 0.25) is 5.91 Å². The van der Waals surface area contributed by atoms with Crippen molar-refractivity contribution in [1.82, 2.24) is 19.4 Å². The summed E-state index contributed by atoms with van der Waals surface area (Å²) in [5.74, 6) is -0.720. The van der Waals surface area contributed by atoms with Gasteiger partial charge < -0.3 is 15.0 Å². The molecule has 0 radical (unpaired) electrons. The van der Waals surface area contributed by atoms with Crippen LogP contribution in [0.25, 0.3) is 11.0 Å². The van der Waals surface area contributed by atoms with E-state index < -0.39 is 35.0 Å². The highest BCUT2D eigenvalue weighted by Crippen LogP contribution is 2.43. The zero-order valence-electron chi connectivity index (χ0n) is 22.3. The third-order valence-electron chi connectivity index (χ3n) is 7.57. The molecule has 3 heterocycles. The van der Waals surface area contributed by atoms with Crippen LogP contribution >= 0.6 is 0 Å². The number of methoxy groups -OCH3 is 1. The first-order chi connectivity index (χ1) is 17.8. The minimum Gasteiger partial charge on any atom is -0.373 e. The number of benzene rings is 1. The molecule has 1 aliphatic rings. The summed E-state index contributed by atoms with van der Waals surface area (Å²) >= 11 is 0. The lowest BCUT2D eigenvalue weighted by Gasteiger charge is -2.50. The molecule has 1 amide bonds. The second-order valence-corrected chi connectivity index (χ2v) is 10.4. The molecule has 4 rings (SSSR count). The van der Waals surface area contributed by atoms with Crippen molar-refractivity contribution in [1.29, 1.82) is 0 Å². The Morgan fingerprint density at radius 2 is 1.89 bits per heavy atom. The van der Waals surface area contributed by atoms with Gasteiger partial charge in [-0.15, -0.1) is 0 Å². The van der Waals surface area contributed by atoms with Gasteiger partial charge in [0.05, 0.1) is 22.6 Å². The predicted molar refractivity (Wildman–Crippen MR) is 138 cm³/mol. The van der Waals surface area contributed by atoms with E-state index >= 15 is 0 Å². The lowest BCUT2D eigenvalue weighted by molar-refractivity contribution is -0.149. The molecule has 1 N–H and O–H groups in total. The molecular weight excluding hydrogens is 499 g/mol. The standard InChI is InChI=1S/C27H32F3N5O3/c1-15(17-8-7-9-18(21(17)28)22(29)30)33-23-19-12-20(25(37)34(5)24(19)32-14-31-23)27(38-6)10-11-35(16(2)36)26(3,4)13-27/h7-9,12,14-15,22H,10-11,13H2,1-6H3,(H,31,32,33)/t15-,27?/m1/s1. The van der Waals surface area contributed by atoms with Crippen molar-refractivity contribution < 1.29 is 22.7 Å². The van der Waals surface area contributed by atoms with Crippen molar-refractivity contribution in [2.24, 2.45) is 7.05 Å². The summed E-state index contributed by atoms with van der Waals surface area (Å²) in [6, 6.07) is 4.84. The predicted octanol–water partition coefficient (Wildman–Crippen LogP) is 4.84. The molecule has 3 aromatic rings. The van der Waals surface area contributed by atoms with Crippen LogP contribution in [-0.4, -0.2) is 44.5 Å². The molecule has 8 nitrogen and oxygen atoms in total. The van der Waals surface area contributed by atoms with Crippen molar-refractivity contribution in [3.8, 4) is 0 Å². The van der Waals surface area contributed by atoms with Crippen molar-refractivity contribution in [3.63, 3.8) is 0 Å². The lowest BCUT2D eigenvalue weighted by atomic mass is 9.75. The first-order valence-corrected chi connectivity index (χ1v) is 12.3. The highest BCUT2D eigenvalue weighted by atomic mass is 19.3. The number of halogens is 3. The first kappa shape index (κ1) is 27.6. The average molecular weight is 532 g/mol. The van der Waals surface area contributed by atoms with Gasteiger partial charge in [0.15, 0.2) is 0 Å². The average Bonchev–Trinajstić information content (AvgIpc) is 2.85. The number of fused-ring (bicyclic) bond motifs is 1. The Morgan fingerprint density at radius 1 is 1.21 bits per heavy atom. The van der Waals surface area contributed by atoms with E-state index in [1.165, 1.54) is 30.0 Å². The molecule has 38 heavy (non-hydrogen) atoms. The van der Waals surface area contributed by atoms with E-state index in [1.807, 2.05) is 13.8 Å². The van der Waals surface area contributed by atoms with Crippen LogP contribution < -0.4 is 10.9 Å². The van der Waals surface area contributed by atoms with Gasteiger partial charge in [-0.3, -0.25) is 14.2 Å². The fourth-order valence-electron chi connectivity index (χ4n) is 5.64. The Bertz CT molecular complexity index is 1440. The van der Waals surface area contributed by atoms with Gasteiger partial charge in [0.1, 0.15) is 29.2 Å². The topological polar surface area (TPSA) is 89.3 Å². The van der Waals surface area contributed by atoms with Gasteiger partial charge in [0.25, 0.3) is 12.0 Å². The summed E-state index contributed by atoms with van der Waals surface area (Å²) in [7, 11) is 3.14. The maximum Gasteiger partial charge on any atom is 0.266 e. The number of nitrogens with one attached hydrogen (secondary N) is 1. The summed E-state index contributed by atoms with van der Waals surface area (Å²) in [6.07, 6.45) is -0.868. The number of carbonyl (C=O) groups is 1. The van der Waals surface area contributed by atoms with Crippen LogP contribution in [0, 0.1) is 5.82 Å². The molecule has 204 valence electrons. The Labute approximate surface area is 218 Å². The van der Waals surface area contributed by atoms with Crippen LogP contribution in [0.1, 0.15) is 69.7 Å². The Balaban J connectivity index is 1.81. The maximum absolute atomic E-state index is 14.8. The number of anilines is 1. The fraction of sp³-hybridized carbons (Fsp3) is 0.481. The van der Waals surface area contributed by atoms with Crippen LogP contribution in [0.4, 0.5) is 19.0 Å². The van der Waals surface area contributed by atoms with E-state index in [0.717, 1.165) is 6.07 Å². The molecular formula is C27H32F3N5O3. The summed E-state index contributed by atoms with van der Waals surface area (Å²) in [5.41, 5.74) is -1.72. The van der Waals surface area contributed by atoms with Crippen molar-refractivity contribution >= 4 is 22.8 Å². The quantitative estimate of drug-likeness (QED) is 0.490. The lowest BCUT2D eigenvalue weighted by Crippen LogP contribution is -2.58. The molecule has 0 bridgehead atoms. The number of aromatic nitrogens is 3. The number of pyridine rings is 1. The third-order valence-corrected chi connectivity index (χ3v) is 7.57. The molecule has 11 heteroatoms. The van der Waals surface area contributed by atoms with Crippen LogP contribution in [0.3, 0.4) is 0 Å². The fourth-order valence-corrected chi connectivity index (χ4v) is 5.64. The molecule has 0 saturated carbocycles. The number of amides is 1. The number of nitrogens with zero attached hydrogens (tertiary/aromatic N) is 4. The Kier molecular flexibility index (Phi) is 7.26. The van der Waals surface area contributed by atoms with E-state index in [1.54, 1.807) is 32.0 Å². The van der Waals surface area contributed by atoms with E-state index in [4.69, 9.17) is 4.74 Å². The number of hydrogen-bond acceptors (Lipinski definition) is 6. The molecule has 0 aliphatic carbocycles. The van der Waals surface area contributed by atoms with E-state index in [9.17, 15) is 22.8 Å². The van der Waals surface area contributed by atoms with Crippen LogP contribution in [0.2, 0.25) is 0 Å². The smallest absolute Gasteiger partial charge is 0.266 e. The highest BCUT2D eigenvalue weighted by molar-refractivity contribution is 5.87. The van der Waals surface area contributed by atoms with Gasteiger partial charge in [-0.25, -0.2) is 23.1 Å². The summed E-state index contributed by atoms with van der Waals surface area (Å²) in [5, 5.41) is 3.60. The van der Waals surface area contributed by atoms with E-state index in [-0.39, 0.29) is 17.0 Å². The molecule has 2 atom stereocenters. The van der Waals surface area contributed by atoms with E-state index in [0.29, 0.717) is 41.8 Å². The number of carbonyl (C=O) groups excluding carboxylic acids is 1. The normalized spacial score (nSPS) is 20.1. The number of alkyl halides is 2. The zero-order valence-corrected chi connectivity index (χ0v) is 22.3. The van der Waals surface area contributed by atoms with Crippen LogP contribution in [-0.2, 0) is 22.2 Å². The second-order valence-electron chi connectivity index (χ2n) is 10.4. The van der Waals surface area contributed by atoms with Gasteiger partial charge in [-0.05, 0) is 33.3 Å². The summed E-state index contributed by atoms with van der Waals surface area (Å²) in [4.78, 5) is 36.2. The van der Waals surface area contributed by atoms with E-state index in [2.05, 4.69) is 15.3 Å². The molecule has 1 fully saturated rings. The third kappa shape index (κ3) is 4.63. The van der Waals surface area contributed by atoms with Crippen LogP contribution in [0.5, 0.6) is 0 Å². The van der Waals surface area contributed by atoms with Crippen molar-refractivity contribution in [2.45, 2.75) is 64.1 Å². The molecule has 1 unspecified atom stereocenters. The first-order valence-electron chi connectivity index (χ1n) is 12.3. The molecule has 1 aliphatic heterocycles. The highest BCUT2D eigenvalue weighted by Gasteiger charge is 2.48. The van der Waals surface area contributed by atoms with Crippen molar-refractivity contribution in [3.05, 3.63) is 63.5 Å². The second kappa shape index (κ2) is 10.0. The minimum atomic E-state index is -2.94. The number of ether oxygens (including phenoxy) is 1. The zero-order chi connectivity index (χ0) is 28.0. The van der Waals surface area contributed by atoms with Crippen LogP contribution in [0.15, 0.2) is 35.4 Å². The Morgan fingerprint density at radius 3 is 2.50 bits per heavy atom. The van der Waals surface area contributed by atoms with Gasteiger partial charge in [-0.2, -0.15) is 0 Å². The minimum absolute atomic E-state index is 0.0527. The van der Waals surface area contributed by atoms with Crippen molar-refractivity contribution in [2.75, 3.05) is 19.0 Å². The summed E-state index contributed by atoms with van der Waals surface area (Å²) < 4.78 is 48.8. The monoisotopic (exact) mass is 531 g/mol. The molecule has 0 spiro atoms. The Hall–Kier alpha value is -3.47. The van der Waals surface area contributed by atoms with Gasteiger partial charge in [-0.1, -0.05) is 18.2 Å². The number of hydrogen-bond donors (Lipinski definition) is 1. The number of aryl methyl sites for hydroxylation is 1. The molecule has 1 saturated heterocycles. The number of rotatable bonds is 6. The maximum atomic E-state index is 14.8. The molecule has 2 aromatic heterocycles. The SMILES string of the molecule is COC1(c2cc3c(N[C@H](C)c4cccc(C(F)F)c4F)ncnc3n(C)c2=O)CCN(C(C)=O)C(C)(C)C1. The van der Waals surface area contributed by atoms with Gasteiger partial charge in [0, 0.05) is 45.1 Å². The van der Waals surface area contributed by atoms with Gasteiger partial charge >= 0.3 is 0 Å².